The van der Waals surface area contributed by atoms with Gasteiger partial charge >= 0.3 is 0 Å². The summed E-state index contributed by atoms with van der Waals surface area (Å²) in [5.74, 6) is -2.87. The Bertz CT molecular complexity index is 1090. The van der Waals surface area contributed by atoms with Gasteiger partial charge in [-0.1, -0.05) is 8.42 Å². The normalized spacial score (nSPS) is 21.3. The summed E-state index contributed by atoms with van der Waals surface area (Å²) >= 11 is 0. The van der Waals surface area contributed by atoms with Crippen LogP contribution in [0.4, 0.5) is 8.78 Å². The number of fused-ring (bicyclic) bond motifs is 1. The summed E-state index contributed by atoms with van der Waals surface area (Å²) in [6, 6.07) is 5.06. The summed E-state index contributed by atoms with van der Waals surface area (Å²) in [6.45, 7) is -0.288. The second-order valence-corrected chi connectivity index (χ2v) is 10.7. The van der Waals surface area contributed by atoms with Gasteiger partial charge in [0.2, 0.25) is 0 Å². The Hall–Kier alpha value is -2.16. The molecule has 0 radical (unpaired) electrons. The molecule has 0 aliphatic carbocycles. The van der Waals surface area contributed by atoms with Gasteiger partial charge in [0.25, 0.3) is 4.90 Å². The first kappa shape index (κ1) is 22.0. The first-order chi connectivity index (χ1) is 14.6. The van der Waals surface area contributed by atoms with Gasteiger partial charge in [-0.25, -0.2) is 8.78 Å². The molecule has 9 nitrogen and oxygen atoms in total. The highest BCUT2D eigenvalue weighted by Gasteiger charge is 2.42. The lowest BCUT2D eigenvalue weighted by atomic mass is 10.3. The Morgan fingerprint density at radius 2 is 1.45 bits per heavy atom. The fourth-order valence-electron chi connectivity index (χ4n) is 3.41. The van der Waals surface area contributed by atoms with E-state index in [4.69, 9.17) is 9.47 Å². The molecule has 2 aliphatic heterocycles. The van der Waals surface area contributed by atoms with Gasteiger partial charge in [0.15, 0.2) is 48.8 Å². The molecule has 1 fully saturated rings. The summed E-state index contributed by atoms with van der Waals surface area (Å²) in [7, 11) is -8.45. The van der Waals surface area contributed by atoms with E-state index in [0.29, 0.717) is 36.8 Å². The molecule has 0 aromatic heterocycles. The van der Waals surface area contributed by atoms with E-state index in [0.717, 1.165) is 8.61 Å². The van der Waals surface area contributed by atoms with Crippen LogP contribution in [0.1, 0.15) is 0 Å². The van der Waals surface area contributed by atoms with Gasteiger partial charge in [0, 0.05) is 18.2 Å². The number of aromatic hydroxyl groups is 1. The minimum absolute atomic E-state index is 0.0321. The van der Waals surface area contributed by atoms with Crippen LogP contribution < -0.4 is 9.47 Å². The van der Waals surface area contributed by atoms with E-state index in [2.05, 4.69) is 0 Å². The van der Waals surface area contributed by atoms with Crippen molar-refractivity contribution in [2.75, 3.05) is 39.4 Å². The van der Waals surface area contributed by atoms with Crippen molar-refractivity contribution >= 4 is 20.8 Å². The van der Waals surface area contributed by atoms with E-state index in [9.17, 15) is 31.4 Å². The summed E-state index contributed by atoms with van der Waals surface area (Å²) in [5.41, 5.74) is 0. The van der Waals surface area contributed by atoms with E-state index in [1.807, 2.05) is 0 Å². The molecule has 4 rings (SSSR count). The predicted molar refractivity (Wildman–Crippen MR) is 103 cm³/mol. The molecule has 2 atom stereocenters. The first-order valence-electron chi connectivity index (χ1n) is 9.18. The summed E-state index contributed by atoms with van der Waals surface area (Å²) in [5, 5.41) is 9.75. The van der Waals surface area contributed by atoms with Crippen molar-refractivity contribution in [3.05, 3.63) is 42.0 Å². The molecule has 0 saturated carbocycles. The number of phenols is 1. The third-order valence-electron chi connectivity index (χ3n) is 4.94. The maximum Gasteiger partial charge on any atom is 0.252 e. The Labute approximate surface area is 179 Å². The third kappa shape index (κ3) is 4.04. The number of halogens is 2. The van der Waals surface area contributed by atoms with Gasteiger partial charge in [-0.15, -0.1) is 8.61 Å². The van der Waals surface area contributed by atoms with Gasteiger partial charge < -0.3 is 23.7 Å². The highest BCUT2D eigenvalue weighted by molar-refractivity contribution is 7.96. The Kier molecular flexibility index (Phi) is 5.74. The van der Waals surface area contributed by atoms with Crippen LogP contribution in [-0.4, -0.2) is 62.2 Å². The molecule has 0 spiro atoms. The van der Waals surface area contributed by atoms with Crippen LogP contribution >= 0.6 is 0 Å². The number of hydrogen-bond donors (Lipinski definition) is 1. The molecule has 0 amide bonds. The molecule has 2 aliphatic rings. The van der Waals surface area contributed by atoms with Crippen LogP contribution in [0.3, 0.4) is 0 Å². The molecule has 1 saturated heterocycles. The van der Waals surface area contributed by atoms with Crippen molar-refractivity contribution in [3.8, 4) is 17.2 Å². The zero-order chi connectivity index (χ0) is 22.4. The number of benzene rings is 2. The monoisotopic (exact) mass is 476 g/mol. The Morgan fingerprint density at radius 1 is 0.871 bits per heavy atom. The minimum Gasteiger partial charge on any atom is -0.593 e. The van der Waals surface area contributed by atoms with Crippen molar-refractivity contribution in [2.24, 2.45) is 0 Å². The summed E-state index contributed by atoms with van der Waals surface area (Å²) < 4.78 is 91.4. The molecular formula is C18H18F2N2O7S2. The van der Waals surface area contributed by atoms with E-state index in [-0.39, 0.29) is 31.1 Å². The lowest BCUT2D eigenvalue weighted by Gasteiger charge is -2.36. The molecule has 2 aromatic carbocycles. The number of ether oxygens (including phenoxy) is 2. The average Bonchev–Trinajstić information content (AvgIpc) is 2.72. The second kappa shape index (κ2) is 8.07. The maximum atomic E-state index is 14.1. The number of hydrogen-bond acceptors (Lipinski definition) is 7. The minimum atomic E-state index is -4.50. The maximum absolute atomic E-state index is 14.1. The molecule has 168 valence electrons. The Morgan fingerprint density at radius 3 is 2.06 bits per heavy atom. The predicted octanol–water partition coefficient (Wildman–Crippen LogP) is 1.57. The second-order valence-electron chi connectivity index (χ2n) is 6.85. The van der Waals surface area contributed by atoms with Crippen LogP contribution in [0.25, 0.3) is 0 Å². The lowest BCUT2D eigenvalue weighted by Crippen LogP contribution is -2.53. The van der Waals surface area contributed by atoms with Gasteiger partial charge in [-0.3, -0.25) is 0 Å². The zero-order valence-electron chi connectivity index (χ0n) is 16.0. The molecule has 31 heavy (non-hydrogen) atoms. The molecule has 2 unspecified atom stereocenters. The lowest BCUT2D eigenvalue weighted by molar-refractivity contribution is 0.171. The van der Waals surface area contributed by atoms with E-state index >= 15 is 0 Å². The standard InChI is InChI=1S/C18H18F2N2O7S2/c19-12-9-14(20)18(15(23)10-12)31(26,27)22-5-3-21(4-6-22)30(24,25)13-1-2-16-17(11-13)29-8-7-28-16/h1-2,9-11H,3-8H2,(H-2,23,24,25,26,27). The van der Waals surface area contributed by atoms with Gasteiger partial charge in [-0.2, -0.15) is 0 Å². The number of nitrogens with zero attached hydrogens (tertiary/aromatic N) is 2. The van der Waals surface area contributed by atoms with E-state index < -0.39 is 43.1 Å². The van der Waals surface area contributed by atoms with E-state index in [1.54, 1.807) is 0 Å². The summed E-state index contributed by atoms with van der Waals surface area (Å²) in [4.78, 5) is -1.08. The van der Waals surface area contributed by atoms with Crippen LogP contribution in [0.5, 0.6) is 17.2 Å². The largest absolute Gasteiger partial charge is 0.593 e. The van der Waals surface area contributed by atoms with Crippen LogP contribution in [0.2, 0.25) is 0 Å². The molecular weight excluding hydrogens is 458 g/mol. The number of piperazine rings is 1. The number of phenolic OH excluding ortho intramolecular Hbond substituents is 1. The third-order valence-corrected chi connectivity index (χ3v) is 8.80. The van der Waals surface area contributed by atoms with Crippen molar-refractivity contribution < 1.29 is 40.9 Å². The fourth-order valence-corrected chi connectivity index (χ4v) is 6.38. The highest BCUT2D eigenvalue weighted by Crippen LogP contribution is 2.36. The van der Waals surface area contributed by atoms with Gasteiger partial charge in [0.05, 0.1) is 26.2 Å². The fraction of sp³-hybridized carbons (Fsp3) is 0.333. The van der Waals surface area contributed by atoms with Crippen LogP contribution in [0.15, 0.2) is 40.1 Å². The summed E-state index contributed by atoms with van der Waals surface area (Å²) in [6.07, 6.45) is 0. The van der Waals surface area contributed by atoms with Crippen LogP contribution in [-0.2, 0) is 29.2 Å². The highest BCUT2D eigenvalue weighted by atomic mass is 32.3. The van der Waals surface area contributed by atoms with E-state index in [1.165, 1.54) is 18.2 Å². The molecule has 2 aromatic rings. The van der Waals surface area contributed by atoms with Gasteiger partial charge in [-0.05, 0) is 12.1 Å². The zero-order valence-corrected chi connectivity index (χ0v) is 17.6. The van der Waals surface area contributed by atoms with Crippen molar-refractivity contribution in [2.45, 2.75) is 9.79 Å². The topological polar surface area (TPSA) is 125 Å². The molecule has 1 N–H and O–H groups in total. The number of sulfonamides is 2. The smallest absolute Gasteiger partial charge is 0.252 e. The Balaban J connectivity index is 1.52. The van der Waals surface area contributed by atoms with Crippen LogP contribution in [0, 0.1) is 11.6 Å². The average molecular weight is 476 g/mol. The number of rotatable bonds is 4. The molecule has 0 bridgehead atoms. The first-order valence-corrected chi connectivity index (χ1v) is 12.1. The molecule has 2 heterocycles. The van der Waals surface area contributed by atoms with Crippen molar-refractivity contribution in [3.63, 3.8) is 0 Å². The quantitative estimate of drug-likeness (QED) is 0.664. The van der Waals surface area contributed by atoms with Crippen molar-refractivity contribution in [1.82, 2.24) is 8.61 Å². The SMILES string of the molecule is O=[S+]([O-])(c1ccc2c(c1)OCCO2)N1CCN([S+](=O)([O-])c2c(O)cc(F)cc2F)CC1. The van der Waals surface area contributed by atoms with Crippen molar-refractivity contribution in [1.29, 1.82) is 0 Å². The van der Waals surface area contributed by atoms with Gasteiger partial charge in [0.1, 0.15) is 19.0 Å². The molecule has 13 heteroatoms.